The summed E-state index contributed by atoms with van der Waals surface area (Å²) >= 11 is 6.17. The lowest BCUT2D eigenvalue weighted by molar-refractivity contribution is -0.0235. The molecule has 3 nitrogen and oxygen atoms in total. The van der Waals surface area contributed by atoms with E-state index in [0.29, 0.717) is 19.3 Å². The van der Waals surface area contributed by atoms with E-state index in [4.69, 9.17) is 16.3 Å². The van der Waals surface area contributed by atoms with E-state index in [1.807, 2.05) is 24.3 Å². The largest absolute Gasteiger partial charge is 0.389 e. The molecule has 1 aliphatic carbocycles. The van der Waals surface area contributed by atoms with Gasteiger partial charge < -0.3 is 15.2 Å². The molecule has 1 aromatic rings. The molecule has 118 valence electrons. The van der Waals surface area contributed by atoms with Crippen LogP contribution in [-0.4, -0.2) is 30.5 Å². The fourth-order valence-corrected chi connectivity index (χ4v) is 3.09. The molecule has 0 amide bonds. The van der Waals surface area contributed by atoms with Gasteiger partial charge in [0, 0.05) is 17.6 Å². The molecule has 2 N–H and O–H groups in total. The Hall–Kier alpha value is -0.610. The van der Waals surface area contributed by atoms with Crippen molar-refractivity contribution in [2.75, 3.05) is 13.2 Å². The Morgan fingerprint density at radius 1 is 1.29 bits per heavy atom. The second-order valence-corrected chi connectivity index (χ2v) is 6.31. The van der Waals surface area contributed by atoms with Crippen molar-refractivity contribution >= 4 is 11.6 Å². The number of hydrogen-bond acceptors (Lipinski definition) is 3. The monoisotopic (exact) mass is 311 g/mol. The number of halogens is 1. The molecule has 1 unspecified atom stereocenters. The number of rotatable bonds is 7. The summed E-state index contributed by atoms with van der Waals surface area (Å²) in [7, 11) is 0. The zero-order chi connectivity index (χ0) is 15.1. The summed E-state index contributed by atoms with van der Waals surface area (Å²) in [6.45, 7) is 2.97. The summed E-state index contributed by atoms with van der Waals surface area (Å²) in [4.78, 5) is 0. The number of ether oxygens (including phenoxy) is 1. The summed E-state index contributed by atoms with van der Waals surface area (Å²) in [5.41, 5.74) is 1.06. The lowest BCUT2D eigenvalue weighted by atomic mass is 9.98. The van der Waals surface area contributed by atoms with E-state index in [0.717, 1.165) is 23.4 Å². The maximum absolute atomic E-state index is 10.0. The maximum Gasteiger partial charge on any atom is 0.0898 e. The quantitative estimate of drug-likeness (QED) is 0.806. The third kappa shape index (κ3) is 5.59. The van der Waals surface area contributed by atoms with E-state index in [1.165, 1.54) is 19.3 Å². The van der Waals surface area contributed by atoms with Gasteiger partial charge in [0.15, 0.2) is 0 Å². The Morgan fingerprint density at radius 3 is 2.71 bits per heavy atom. The highest BCUT2D eigenvalue weighted by Gasteiger charge is 2.16. The summed E-state index contributed by atoms with van der Waals surface area (Å²) in [5, 5.41) is 14.1. The van der Waals surface area contributed by atoms with Crippen LogP contribution >= 0.6 is 11.6 Å². The lowest BCUT2D eigenvalue weighted by Gasteiger charge is -2.24. The van der Waals surface area contributed by atoms with Crippen LogP contribution in [-0.2, 0) is 4.74 Å². The minimum Gasteiger partial charge on any atom is -0.389 e. The first-order valence-corrected chi connectivity index (χ1v) is 8.32. The molecule has 0 spiro atoms. The van der Waals surface area contributed by atoms with E-state index in [9.17, 15) is 5.11 Å². The normalized spacial score (nSPS) is 19.4. The van der Waals surface area contributed by atoms with Crippen molar-refractivity contribution in [1.82, 2.24) is 5.32 Å². The third-order valence-corrected chi connectivity index (χ3v) is 4.45. The van der Waals surface area contributed by atoms with Gasteiger partial charge in [-0.1, -0.05) is 49.1 Å². The maximum atomic E-state index is 10.0. The van der Waals surface area contributed by atoms with Gasteiger partial charge in [-0.25, -0.2) is 0 Å². The van der Waals surface area contributed by atoms with E-state index in [-0.39, 0.29) is 6.04 Å². The van der Waals surface area contributed by atoms with Crippen LogP contribution in [0.15, 0.2) is 24.3 Å². The van der Waals surface area contributed by atoms with Crippen molar-refractivity contribution in [1.29, 1.82) is 0 Å². The van der Waals surface area contributed by atoms with Crippen LogP contribution in [0.3, 0.4) is 0 Å². The average Bonchev–Trinajstić information content (AvgIpc) is 2.52. The molecule has 0 heterocycles. The van der Waals surface area contributed by atoms with E-state index in [2.05, 4.69) is 12.2 Å². The lowest BCUT2D eigenvalue weighted by Crippen LogP contribution is -2.33. The molecular formula is C17H26ClNO2. The molecule has 2 atom stereocenters. The van der Waals surface area contributed by atoms with Crippen molar-refractivity contribution < 1.29 is 9.84 Å². The summed E-state index contributed by atoms with van der Waals surface area (Å²) in [6.07, 6.45) is 5.96. The molecule has 2 rings (SSSR count). The number of hydrogen-bond donors (Lipinski definition) is 2. The molecule has 0 radical (unpaired) electrons. The Morgan fingerprint density at radius 2 is 2.00 bits per heavy atom. The van der Waals surface area contributed by atoms with Gasteiger partial charge in [0.25, 0.3) is 0 Å². The zero-order valence-electron chi connectivity index (χ0n) is 12.7. The highest BCUT2D eigenvalue weighted by molar-refractivity contribution is 6.31. The van der Waals surface area contributed by atoms with Crippen molar-refractivity contribution in [3.05, 3.63) is 34.9 Å². The van der Waals surface area contributed by atoms with Crippen molar-refractivity contribution in [3.8, 4) is 0 Å². The van der Waals surface area contributed by atoms with Gasteiger partial charge in [0.1, 0.15) is 0 Å². The Balaban J connectivity index is 1.68. The molecule has 0 aromatic heterocycles. The molecule has 4 heteroatoms. The van der Waals surface area contributed by atoms with Crippen LogP contribution in [0.1, 0.15) is 50.6 Å². The molecule has 0 saturated heterocycles. The van der Waals surface area contributed by atoms with Crippen molar-refractivity contribution in [3.63, 3.8) is 0 Å². The standard InChI is InChI=1S/C17H26ClNO2/c1-13(16-9-5-6-10-17(16)18)19-11-14(20)12-21-15-7-3-2-4-8-15/h5-6,9-10,13-15,19-20H,2-4,7-8,11-12H2,1H3/t13-,14?/m0/s1. The second kappa shape index (κ2) is 8.74. The molecule has 0 bridgehead atoms. The topological polar surface area (TPSA) is 41.5 Å². The highest BCUT2D eigenvalue weighted by Crippen LogP contribution is 2.22. The SMILES string of the molecule is C[C@H](NCC(O)COC1CCCCC1)c1ccccc1Cl. The molecule has 21 heavy (non-hydrogen) atoms. The Kier molecular flexibility index (Phi) is 6.97. The number of nitrogens with one attached hydrogen (secondary N) is 1. The first kappa shape index (κ1) is 16.8. The summed E-state index contributed by atoms with van der Waals surface area (Å²) < 4.78 is 5.79. The molecular weight excluding hydrogens is 286 g/mol. The van der Waals surface area contributed by atoms with Crippen LogP contribution in [0.25, 0.3) is 0 Å². The Labute approximate surface area is 132 Å². The molecule has 1 aliphatic rings. The molecule has 1 saturated carbocycles. The van der Waals surface area contributed by atoms with E-state index >= 15 is 0 Å². The number of aliphatic hydroxyl groups excluding tert-OH is 1. The molecule has 1 aromatic carbocycles. The Bertz CT molecular complexity index is 421. The third-order valence-electron chi connectivity index (χ3n) is 4.11. The minimum absolute atomic E-state index is 0.114. The number of benzene rings is 1. The predicted octanol–water partition coefficient (Wildman–Crippen LogP) is 3.70. The van der Waals surface area contributed by atoms with Crippen molar-refractivity contribution in [2.24, 2.45) is 0 Å². The van der Waals surface area contributed by atoms with Gasteiger partial charge in [-0.3, -0.25) is 0 Å². The van der Waals surface area contributed by atoms with Crippen molar-refractivity contribution in [2.45, 2.75) is 57.3 Å². The summed E-state index contributed by atoms with van der Waals surface area (Å²) in [5.74, 6) is 0. The number of aliphatic hydroxyl groups is 1. The van der Waals surface area contributed by atoms with Gasteiger partial charge in [-0.15, -0.1) is 0 Å². The van der Waals surface area contributed by atoms with Crippen LogP contribution in [0.2, 0.25) is 5.02 Å². The first-order valence-electron chi connectivity index (χ1n) is 7.94. The first-order chi connectivity index (χ1) is 10.2. The van der Waals surface area contributed by atoms with Crippen LogP contribution in [0, 0.1) is 0 Å². The fraction of sp³-hybridized carbons (Fsp3) is 0.647. The van der Waals surface area contributed by atoms with Gasteiger partial charge in [-0.2, -0.15) is 0 Å². The van der Waals surface area contributed by atoms with E-state index in [1.54, 1.807) is 0 Å². The predicted molar refractivity (Wildman–Crippen MR) is 86.7 cm³/mol. The molecule has 1 fully saturated rings. The zero-order valence-corrected chi connectivity index (χ0v) is 13.5. The molecule has 0 aliphatic heterocycles. The second-order valence-electron chi connectivity index (χ2n) is 5.90. The van der Waals surface area contributed by atoms with Gasteiger partial charge >= 0.3 is 0 Å². The summed E-state index contributed by atoms with van der Waals surface area (Å²) in [6, 6.07) is 7.90. The van der Waals surface area contributed by atoms with Crippen LogP contribution in [0.4, 0.5) is 0 Å². The average molecular weight is 312 g/mol. The van der Waals surface area contributed by atoms with Crippen LogP contribution < -0.4 is 5.32 Å². The van der Waals surface area contributed by atoms with Gasteiger partial charge in [0.05, 0.1) is 18.8 Å². The van der Waals surface area contributed by atoms with Crippen LogP contribution in [0.5, 0.6) is 0 Å². The van der Waals surface area contributed by atoms with E-state index < -0.39 is 6.10 Å². The van der Waals surface area contributed by atoms with Gasteiger partial charge in [-0.05, 0) is 31.4 Å². The highest BCUT2D eigenvalue weighted by atomic mass is 35.5. The van der Waals surface area contributed by atoms with Gasteiger partial charge in [0.2, 0.25) is 0 Å². The smallest absolute Gasteiger partial charge is 0.0898 e. The fourth-order valence-electron chi connectivity index (χ4n) is 2.79. The minimum atomic E-state index is -0.475.